The van der Waals surface area contributed by atoms with Crippen molar-refractivity contribution in [2.24, 2.45) is 0 Å². The molecule has 0 spiro atoms. The zero-order chi connectivity index (χ0) is 9.97. The summed E-state index contributed by atoms with van der Waals surface area (Å²) < 4.78 is 1.85. The molecule has 2 aromatic rings. The van der Waals surface area contributed by atoms with Crippen molar-refractivity contribution < 1.29 is 9.90 Å². The maximum Gasteiger partial charge on any atom is 0.404 e. The molecule has 0 unspecified atom stereocenters. The number of amides is 1. The molecule has 72 valence electrons. The van der Waals surface area contributed by atoms with Crippen LogP contribution in [0.2, 0.25) is 0 Å². The number of nitrogens with zero attached hydrogens (tertiary/aromatic N) is 2. The molecule has 2 aromatic heterocycles. The van der Waals surface area contributed by atoms with E-state index in [1.165, 1.54) is 0 Å². The molecular weight excluding hydrogens is 182 g/mol. The van der Waals surface area contributed by atoms with Crippen molar-refractivity contribution in [3.8, 4) is 0 Å². The van der Waals surface area contributed by atoms with Gasteiger partial charge in [0.1, 0.15) is 0 Å². The van der Waals surface area contributed by atoms with Crippen LogP contribution in [0, 0.1) is 0 Å². The molecule has 0 aromatic carbocycles. The van der Waals surface area contributed by atoms with Gasteiger partial charge in [-0.2, -0.15) is 0 Å². The molecule has 0 aliphatic heterocycles. The molecule has 0 saturated carbocycles. The number of rotatable bonds is 2. The first kappa shape index (κ1) is 8.55. The van der Waals surface area contributed by atoms with Gasteiger partial charge in [-0.1, -0.05) is 0 Å². The second-order valence-electron chi connectivity index (χ2n) is 2.92. The van der Waals surface area contributed by atoms with Crippen LogP contribution in [0.4, 0.5) is 4.79 Å². The lowest BCUT2D eigenvalue weighted by Crippen LogP contribution is -2.19. The van der Waals surface area contributed by atoms with Gasteiger partial charge in [-0.05, 0) is 17.7 Å². The molecule has 0 atom stereocenters. The molecule has 5 heteroatoms. The molecule has 5 nitrogen and oxygen atoms in total. The Morgan fingerprint density at radius 1 is 1.64 bits per heavy atom. The molecule has 0 bridgehead atoms. The monoisotopic (exact) mass is 191 g/mol. The van der Waals surface area contributed by atoms with Crippen LogP contribution in [0.25, 0.3) is 5.52 Å². The van der Waals surface area contributed by atoms with Crippen LogP contribution in [0.1, 0.15) is 5.56 Å². The van der Waals surface area contributed by atoms with Crippen LogP contribution in [0.3, 0.4) is 0 Å². The van der Waals surface area contributed by atoms with Gasteiger partial charge in [0, 0.05) is 24.5 Å². The van der Waals surface area contributed by atoms with E-state index in [0.717, 1.165) is 11.1 Å². The lowest BCUT2D eigenvalue weighted by molar-refractivity contribution is 0.194. The quantitative estimate of drug-likeness (QED) is 0.747. The van der Waals surface area contributed by atoms with Crippen molar-refractivity contribution in [1.29, 1.82) is 0 Å². The van der Waals surface area contributed by atoms with E-state index in [2.05, 4.69) is 10.3 Å². The van der Waals surface area contributed by atoms with E-state index in [1.807, 2.05) is 22.7 Å². The number of carboxylic acid groups (broad SMARTS) is 1. The van der Waals surface area contributed by atoms with E-state index in [-0.39, 0.29) is 0 Å². The zero-order valence-corrected chi connectivity index (χ0v) is 7.34. The third-order valence-corrected chi connectivity index (χ3v) is 1.90. The summed E-state index contributed by atoms with van der Waals surface area (Å²) >= 11 is 0. The highest BCUT2D eigenvalue weighted by Crippen LogP contribution is 2.07. The minimum absolute atomic E-state index is 0.316. The first-order valence-corrected chi connectivity index (χ1v) is 4.13. The Morgan fingerprint density at radius 3 is 3.21 bits per heavy atom. The Labute approximate surface area is 80.0 Å². The van der Waals surface area contributed by atoms with Crippen LogP contribution < -0.4 is 5.32 Å². The zero-order valence-electron chi connectivity index (χ0n) is 7.34. The molecule has 14 heavy (non-hydrogen) atoms. The maximum absolute atomic E-state index is 10.3. The SMILES string of the molecule is O=C(O)NCc1cc2ccncn2c1. The van der Waals surface area contributed by atoms with E-state index >= 15 is 0 Å². The van der Waals surface area contributed by atoms with Gasteiger partial charge in [0.05, 0.1) is 6.33 Å². The predicted molar refractivity (Wildman–Crippen MR) is 50.1 cm³/mol. The van der Waals surface area contributed by atoms with Crippen LogP contribution in [0.5, 0.6) is 0 Å². The first-order valence-electron chi connectivity index (χ1n) is 4.13. The summed E-state index contributed by atoms with van der Waals surface area (Å²) in [6, 6.07) is 3.78. The van der Waals surface area contributed by atoms with Crippen molar-refractivity contribution in [2.75, 3.05) is 0 Å². The van der Waals surface area contributed by atoms with Gasteiger partial charge in [-0.25, -0.2) is 9.78 Å². The predicted octanol–water partition coefficient (Wildman–Crippen LogP) is 1.10. The molecular formula is C9H9N3O2. The largest absolute Gasteiger partial charge is 0.465 e. The van der Waals surface area contributed by atoms with Crippen LogP contribution in [-0.2, 0) is 6.54 Å². The fourth-order valence-electron chi connectivity index (χ4n) is 1.29. The second-order valence-corrected chi connectivity index (χ2v) is 2.92. The number of aromatic nitrogens is 2. The van der Waals surface area contributed by atoms with Gasteiger partial charge in [-0.3, -0.25) is 0 Å². The third kappa shape index (κ3) is 1.66. The highest BCUT2D eigenvalue weighted by Gasteiger charge is 2.00. The summed E-state index contributed by atoms with van der Waals surface area (Å²) in [7, 11) is 0. The van der Waals surface area contributed by atoms with Gasteiger partial charge in [0.2, 0.25) is 0 Å². The molecule has 2 heterocycles. The minimum Gasteiger partial charge on any atom is -0.465 e. The van der Waals surface area contributed by atoms with Crippen LogP contribution >= 0.6 is 0 Å². The molecule has 1 amide bonds. The van der Waals surface area contributed by atoms with Gasteiger partial charge in [0.15, 0.2) is 0 Å². The Balaban J connectivity index is 2.22. The Bertz CT molecular complexity index is 431. The highest BCUT2D eigenvalue weighted by atomic mass is 16.4. The fraction of sp³-hybridized carbons (Fsp3) is 0.111. The van der Waals surface area contributed by atoms with Gasteiger partial charge < -0.3 is 14.8 Å². The topological polar surface area (TPSA) is 66.6 Å². The van der Waals surface area contributed by atoms with E-state index < -0.39 is 6.09 Å². The van der Waals surface area contributed by atoms with Crippen LogP contribution in [0.15, 0.2) is 30.9 Å². The smallest absolute Gasteiger partial charge is 0.404 e. The van der Waals surface area contributed by atoms with Gasteiger partial charge >= 0.3 is 6.09 Å². The normalized spacial score (nSPS) is 10.3. The Morgan fingerprint density at radius 2 is 2.50 bits per heavy atom. The number of hydrogen-bond acceptors (Lipinski definition) is 2. The van der Waals surface area contributed by atoms with E-state index in [1.54, 1.807) is 12.5 Å². The van der Waals surface area contributed by atoms with Crippen LogP contribution in [-0.4, -0.2) is 20.6 Å². The number of nitrogens with one attached hydrogen (secondary N) is 1. The molecule has 0 fully saturated rings. The van der Waals surface area contributed by atoms with Crippen molar-refractivity contribution in [3.63, 3.8) is 0 Å². The molecule has 2 rings (SSSR count). The second kappa shape index (κ2) is 3.37. The third-order valence-electron chi connectivity index (χ3n) is 1.90. The molecule has 0 saturated heterocycles. The Hall–Kier alpha value is -2.04. The fourth-order valence-corrected chi connectivity index (χ4v) is 1.29. The molecule has 0 aliphatic rings. The Kier molecular flexibility index (Phi) is 2.06. The molecule has 0 radical (unpaired) electrons. The van der Waals surface area contributed by atoms with Gasteiger partial charge in [-0.15, -0.1) is 0 Å². The summed E-state index contributed by atoms with van der Waals surface area (Å²) in [6.45, 7) is 0.316. The number of carbonyl (C=O) groups is 1. The average molecular weight is 191 g/mol. The number of fused-ring (bicyclic) bond motifs is 1. The summed E-state index contributed by atoms with van der Waals surface area (Å²) in [5.41, 5.74) is 1.92. The van der Waals surface area contributed by atoms with E-state index in [0.29, 0.717) is 6.54 Å². The number of hydrogen-bond donors (Lipinski definition) is 2. The highest BCUT2D eigenvalue weighted by molar-refractivity contribution is 5.64. The van der Waals surface area contributed by atoms with Gasteiger partial charge in [0.25, 0.3) is 0 Å². The summed E-state index contributed by atoms with van der Waals surface area (Å²) in [5, 5.41) is 10.7. The lowest BCUT2D eigenvalue weighted by Gasteiger charge is -1.95. The van der Waals surface area contributed by atoms with E-state index in [4.69, 9.17) is 5.11 Å². The summed E-state index contributed by atoms with van der Waals surface area (Å²) in [5.74, 6) is 0. The lowest BCUT2D eigenvalue weighted by atomic mass is 10.3. The summed E-state index contributed by atoms with van der Waals surface area (Å²) in [6.07, 6.45) is 4.21. The standard InChI is InChI=1S/C9H9N3O2/c13-9(14)11-4-7-3-8-1-2-10-6-12(8)5-7/h1-3,5-6,11H,4H2,(H,13,14). The minimum atomic E-state index is -1.02. The average Bonchev–Trinajstić information content (AvgIpc) is 2.57. The van der Waals surface area contributed by atoms with E-state index in [9.17, 15) is 4.79 Å². The summed E-state index contributed by atoms with van der Waals surface area (Å²) in [4.78, 5) is 14.2. The molecule has 2 N–H and O–H groups in total. The molecule has 0 aliphatic carbocycles. The van der Waals surface area contributed by atoms with Crippen molar-refractivity contribution in [1.82, 2.24) is 14.7 Å². The van der Waals surface area contributed by atoms with Crippen molar-refractivity contribution in [2.45, 2.75) is 6.54 Å². The van der Waals surface area contributed by atoms with Crippen molar-refractivity contribution in [3.05, 3.63) is 36.4 Å². The maximum atomic E-state index is 10.3. The first-order chi connectivity index (χ1) is 6.75. The van der Waals surface area contributed by atoms with Crippen molar-refractivity contribution >= 4 is 11.6 Å².